The highest BCUT2D eigenvalue weighted by Gasteiger charge is 2.18. The Bertz CT molecular complexity index is 515. The number of unbranched alkanes of at least 4 members (excludes halogenated alkanes) is 2. The number of allylic oxidation sites excluding steroid dienone is 1. The van der Waals surface area contributed by atoms with Crippen molar-refractivity contribution in [2.45, 2.75) is 39.7 Å². The van der Waals surface area contributed by atoms with Crippen LogP contribution in [0, 0.1) is 0 Å². The number of benzene rings is 1. The van der Waals surface area contributed by atoms with Crippen molar-refractivity contribution in [3.63, 3.8) is 0 Å². The standard InChI is InChI=1S/C19H28N2OS2/c1-4-7-8-12-15-21(16-17-13-10-9-11-14-17)18(22)24-19(23)20(5-2)6-3/h4,9-11,13-14H,1,5-8,12,15-16H2,2-3H3. The lowest BCUT2D eigenvalue weighted by atomic mass is 10.2. The summed E-state index contributed by atoms with van der Waals surface area (Å²) in [6, 6.07) is 10.1. The Labute approximate surface area is 156 Å². The fraction of sp³-hybridized carbons (Fsp3) is 0.474. The molecule has 0 spiro atoms. The Kier molecular flexibility index (Phi) is 10.4. The fourth-order valence-corrected chi connectivity index (χ4v) is 3.61. The van der Waals surface area contributed by atoms with E-state index in [9.17, 15) is 4.79 Å². The maximum atomic E-state index is 12.7. The second-order valence-electron chi connectivity index (χ2n) is 5.50. The van der Waals surface area contributed by atoms with Crippen LogP contribution in [-0.2, 0) is 6.54 Å². The lowest BCUT2D eigenvalue weighted by Gasteiger charge is -2.25. The molecular formula is C19H28N2OS2. The van der Waals surface area contributed by atoms with Crippen molar-refractivity contribution in [2.24, 2.45) is 0 Å². The summed E-state index contributed by atoms with van der Waals surface area (Å²) in [5.41, 5.74) is 1.14. The average molecular weight is 365 g/mol. The molecule has 0 bridgehead atoms. The van der Waals surface area contributed by atoms with Gasteiger partial charge in [0.2, 0.25) is 0 Å². The van der Waals surface area contributed by atoms with Gasteiger partial charge < -0.3 is 9.80 Å². The van der Waals surface area contributed by atoms with E-state index in [1.807, 2.05) is 34.1 Å². The third kappa shape index (κ3) is 7.49. The van der Waals surface area contributed by atoms with Crippen molar-refractivity contribution >= 4 is 33.5 Å². The molecule has 0 unspecified atom stereocenters. The zero-order valence-electron chi connectivity index (χ0n) is 14.7. The van der Waals surface area contributed by atoms with E-state index < -0.39 is 0 Å². The van der Waals surface area contributed by atoms with Crippen molar-refractivity contribution in [1.29, 1.82) is 0 Å². The third-order valence-corrected chi connectivity index (χ3v) is 5.13. The maximum absolute atomic E-state index is 12.7. The summed E-state index contributed by atoms with van der Waals surface area (Å²) < 4.78 is 0.661. The molecule has 0 saturated carbocycles. The molecule has 0 aliphatic carbocycles. The van der Waals surface area contributed by atoms with Crippen LogP contribution in [0.25, 0.3) is 0 Å². The predicted molar refractivity (Wildman–Crippen MR) is 109 cm³/mol. The summed E-state index contributed by atoms with van der Waals surface area (Å²) in [5.74, 6) is 0. The minimum atomic E-state index is 0.0364. The van der Waals surface area contributed by atoms with Gasteiger partial charge in [0.1, 0.15) is 4.32 Å². The number of rotatable bonds is 9. The number of thiocarbonyl (C=S) groups is 1. The molecule has 0 heterocycles. The molecule has 1 rings (SSSR count). The van der Waals surface area contributed by atoms with Crippen LogP contribution in [-0.4, -0.2) is 39.0 Å². The number of hydrogen-bond acceptors (Lipinski definition) is 3. The number of carbonyl (C=O) groups is 1. The van der Waals surface area contributed by atoms with Gasteiger partial charge in [0.05, 0.1) is 0 Å². The molecule has 0 aliphatic rings. The Hall–Kier alpha value is -1.33. The van der Waals surface area contributed by atoms with E-state index in [0.29, 0.717) is 10.9 Å². The molecule has 0 aliphatic heterocycles. The van der Waals surface area contributed by atoms with Gasteiger partial charge in [-0.15, -0.1) is 6.58 Å². The fourth-order valence-electron chi connectivity index (χ4n) is 2.32. The molecule has 1 aromatic carbocycles. The highest BCUT2D eigenvalue weighted by Crippen LogP contribution is 2.18. The van der Waals surface area contributed by atoms with Crippen molar-refractivity contribution in [1.82, 2.24) is 9.80 Å². The Morgan fingerprint density at radius 3 is 2.42 bits per heavy atom. The van der Waals surface area contributed by atoms with E-state index in [4.69, 9.17) is 12.2 Å². The van der Waals surface area contributed by atoms with Gasteiger partial charge in [-0.3, -0.25) is 4.79 Å². The summed E-state index contributed by atoms with van der Waals surface area (Å²) in [7, 11) is 0. The first kappa shape index (κ1) is 20.7. The second kappa shape index (κ2) is 12.1. The zero-order chi connectivity index (χ0) is 17.8. The lowest BCUT2D eigenvalue weighted by Crippen LogP contribution is -2.33. The Balaban J connectivity index is 2.69. The second-order valence-corrected chi connectivity index (χ2v) is 7.08. The van der Waals surface area contributed by atoms with Crippen LogP contribution in [0.2, 0.25) is 0 Å². The molecule has 5 heteroatoms. The van der Waals surface area contributed by atoms with Crippen LogP contribution in [0.3, 0.4) is 0 Å². The van der Waals surface area contributed by atoms with Gasteiger partial charge in [0.15, 0.2) is 0 Å². The first-order valence-corrected chi connectivity index (χ1v) is 9.75. The average Bonchev–Trinajstić information content (AvgIpc) is 2.59. The molecule has 132 valence electrons. The van der Waals surface area contributed by atoms with Crippen molar-refractivity contribution in [3.8, 4) is 0 Å². The lowest BCUT2D eigenvalue weighted by molar-refractivity contribution is 0.219. The first-order chi connectivity index (χ1) is 11.6. The van der Waals surface area contributed by atoms with E-state index >= 15 is 0 Å². The first-order valence-electron chi connectivity index (χ1n) is 8.52. The van der Waals surface area contributed by atoms with Crippen molar-refractivity contribution in [2.75, 3.05) is 19.6 Å². The number of carbonyl (C=O) groups excluding carboxylic acids is 1. The van der Waals surface area contributed by atoms with Gasteiger partial charge in [0.25, 0.3) is 5.24 Å². The van der Waals surface area contributed by atoms with Crippen molar-refractivity contribution in [3.05, 3.63) is 48.6 Å². The van der Waals surface area contributed by atoms with E-state index in [0.717, 1.165) is 44.5 Å². The van der Waals surface area contributed by atoms with Crippen LogP contribution < -0.4 is 0 Å². The molecule has 3 nitrogen and oxygen atoms in total. The number of nitrogens with zero attached hydrogens (tertiary/aromatic N) is 2. The van der Waals surface area contributed by atoms with Gasteiger partial charge in [-0.05, 0) is 38.7 Å². The largest absolute Gasteiger partial charge is 0.358 e. The number of amides is 1. The van der Waals surface area contributed by atoms with Gasteiger partial charge in [0, 0.05) is 37.9 Å². The molecule has 0 atom stereocenters. The van der Waals surface area contributed by atoms with E-state index in [2.05, 4.69) is 32.6 Å². The highest BCUT2D eigenvalue weighted by molar-refractivity contribution is 8.32. The smallest absolute Gasteiger partial charge is 0.288 e. The highest BCUT2D eigenvalue weighted by atomic mass is 32.2. The normalized spacial score (nSPS) is 10.2. The van der Waals surface area contributed by atoms with E-state index in [1.165, 1.54) is 11.8 Å². The summed E-state index contributed by atoms with van der Waals surface area (Å²) in [4.78, 5) is 16.7. The van der Waals surface area contributed by atoms with Crippen molar-refractivity contribution < 1.29 is 4.79 Å². The SMILES string of the molecule is C=CCCCCN(Cc1ccccc1)C(=O)SC(=S)N(CC)CC. The summed E-state index contributed by atoms with van der Waals surface area (Å²) in [5, 5.41) is 0.0364. The molecule has 0 fully saturated rings. The molecule has 0 aromatic heterocycles. The van der Waals surface area contributed by atoms with E-state index in [-0.39, 0.29) is 5.24 Å². The monoisotopic (exact) mass is 364 g/mol. The topological polar surface area (TPSA) is 23.6 Å². The molecular weight excluding hydrogens is 336 g/mol. The van der Waals surface area contributed by atoms with Crippen LogP contribution in [0.1, 0.15) is 38.7 Å². The molecule has 0 radical (unpaired) electrons. The summed E-state index contributed by atoms with van der Waals surface area (Å²) in [6.07, 6.45) is 4.93. The van der Waals surface area contributed by atoms with Crippen LogP contribution in [0.5, 0.6) is 0 Å². The molecule has 0 N–H and O–H groups in total. The van der Waals surface area contributed by atoms with Gasteiger partial charge >= 0.3 is 0 Å². The minimum Gasteiger partial charge on any atom is -0.358 e. The summed E-state index contributed by atoms with van der Waals surface area (Å²) in [6.45, 7) is 10.9. The molecule has 24 heavy (non-hydrogen) atoms. The predicted octanol–water partition coefficient (Wildman–Crippen LogP) is 5.32. The van der Waals surface area contributed by atoms with Crippen LogP contribution >= 0.6 is 24.0 Å². The van der Waals surface area contributed by atoms with Crippen LogP contribution in [0.4, 0.5) is 4.79 Å². The number of hydrogen-bond donors (Lipinski definition) is 0. The molecule has 0 saturated heterocycles. The number of thioether (sulfide) groups is 1. The van der Waals surface area contributed by atoms with Gasteiger partial charge in [-0.25, -0.2) is 0 Å². The zero-order valence-corrected chi connectivity index (χ0v) is 16.4. The van der Waals surface area contributed by atoms with Gasteiger partial charge in [-0.1, -0.05) is 48.6 Å². The Morgan fingerprint density at radius 2 is 1.83 bits per heavy atom. The maximum Gasteiger partial charge on any atom is 0.288 e. The van der Waals surface area contributed by atoms with E-state index in [1.54, 1.807) is 0 Å². The summed E-state index contributed by atoms with van der Waals surface area (Å²) >= 11 is 6.59. The quantitative estimate of drug-likeness (QED) is 0.336. The Morgan fingerprint density at radius 1 is 1.17 bits per heavy atom. The third-order valence-electron chi connectivity index (χ3n) is 3.76. The van der Waals surface area contributed by atoms with Gasteiger partial charge in [-0.2, -0.15) is 0 Å². The van der Waals surface area contributed by atoms with Crippen LogP contribution in [0.15, 0.2) is 43.0 Å². The minimum absolute atomic E-state index is 0.0364. The molecule has 1 amide bonds. The molecule has 1 aromatic rings.